The van der Waals surface area contributed by atoms with Gasteiger partial charge in [0.1, 0.15) is 0 Å². The molecular weight excluding hydrogens is 455 g/mol. The highest BCUT2D eigenvalue weighted by Crippen LogP contribution is 2.38. The number of methoxy groups -OCH3 is 1. The van der Waals surface area contributed by atoms with E-state index in [0.717, 1.165) is 43.4 Å². The lowest BCUT2D eigenvalue weighted by Crippen LogP contribution is -2.41. The highest BCUT2D eigenvalue weighted by Gasteiger charge is 2.33. The van der Waals surface area contributed by atoms with E-state index in [4.69, 9.17) is 21.1 Å². The van der Waals surface area contributed by atoms with Crippen molar-refractivity contribution in [3.63, 3.8) is 0 Å². The van der Waals surface area contributed by atoms with E-state index in [1.807, 2.05) is 18.2 Å². The van der Waals surface area contributed by atoms with Crippen molar-refractivity contribution in [2.45, 2.75) is 56.7 Å². The number of alkyl halides is 3. The number of hydrogen-bond donors (Lipinski definition) is 1. The van der Waals surface area contributed by atoms with Crippen LogP contribution in [0.1, 0.15) is 54.7 Å². The van der Waals surface area contributed by atoms with Gasteiger partial charge in [0.25, 0.3) is 0 Å². The molecule has 1 N–H and O–H groups in total. The maximum absolute atomic E-state index is 13.1. The lowest BCUT2D eigenvalue weighted by molar-refractivity contribution is -0.137. The first-order valence-electron chi connectivity index (χ1n) is 11.2. The van der Waals surface area contributed by atoms with Gasteiger partial charge in [0, 0.05) is 23.4 Å². The van der Waals surface area contributed by atoms with Gasteiger partial charge in [-0.25, -0.2) is 0 Å². The molecule has 1 aliphatic heterocycles. The summed E-state index contributed by atoms with van der Waals surface area (Å²) in [6.07, 6.45) is 0.716. The summed E-state index contributed by atoms with van der Waals surface area (Å²) in [7, 11) is 1.60. The van der Waals surface area contributed by atoms with Crippen LogP contribution in [0.4, 0.5) is 13.2 Å². The number of piperidine rings is 1. The predicted molar refractivity (Wildman–Crippen MR) is 120 cm³/mol. The van der Waals surface area contributed by atoms with Crippen LogP contribution in [0.3, 0.4) is 0 Å². The van der Waals surface area contributed by atoms with Gasteiger partial charge < -0.3 is 14.8 Å². The van der Waals surface area contributed by atoms with E-state index in [0.29, 0.717) is 30.0 Å². The van der Waals surface area contributed by atoms with Crippen molar-refractivity contribution in [3.8, 4) is 11.5 Å². The van der Waals surface area contributed by atoms with Gasteiger partial charge in [0.05, 0.1) is 18.8 Å². The fourth-order valence-corrected chi connectivity index (χ4v) is 4.92. The molecule has 8 heteroatoms. The summed E-state index contributed by atoms with van der Waals surface area (Å²) in [5, 5.41) is 3.14. The largest absolute Gasteiger partial charge is 0.493 e. The second-order valence-electron chi connectivity index (χ2n) is 8.82. The van der Waals surface area contributed by atoms with Crippen LogP contribution in [-0.2, 0) is 17.4 Å². The molecule has 0 spiro atoms. The maximum atomic E-state index is 13.1. The molecule has 2 aromatic carbocycles. The molecule has 1 saturated heterocycles. The monoisotopic (exact) mass is 481 g/mol. The molecule has 2 unspecified atom stereocenters. The number of hydrogen-bond acceptors (Lipinski definition) is 3. The van der Waals surface area contributed by atoms with Crippen LogP contribution in [0, 0.1) is 5.92 Å². The highest BCUT2D eigenvalue weighted by molar-refractivity contribution is 6.31. The van der Waals surface area contributed by atoms with E-state index in [2.05, 4.69) is 5.32 Å². The molecule has 0 radical (unpaired) electrons. The Morgan fingerprint density at radius 1 is 1.09 bits per heavy atom. The molecular formula is C25H27ClF3NO3. The zero-order valence-corrected chi connectivity index (χ0v) is 19.1. The number of ether oxygens (including phenoxy) is 2. The quantitative estimate of drug-likeness (QED) is 0.538. The Balaban J connectivity index is 1.52. The number of nitrogens with one attached hydrogen (secondary N) is 1. The standard InChI is InChI=1S/C25H27ClF3NO3/c1-32-22-9-6-15(13-23(22)33-20-4-2-3-5-20)18-11-17(24(31)30-14-18)10-16-12-19(25(27,28)29)7-8-21(16)26/h6-9,12-13,17-18,20H,2-5,10-11,14H2,1H3,(H,30,31). The number of carbonyl (C=O) groups is 1. The maximum Gasteiger partial charge on any atom is 0.416 e. The Morgan fingerprint density at radius 2 is 1.85 bits per heavy atom. The third-order valence-electron chi connectivity index (χ3n) is 6.56. The number of benzene rings is 2. The van der Waals surface area contributed by atoms with Crippen LogP contribution in [-0.4, -0.2) is 25.7 Å². The van der Waals surface area contributed by atoms with Crippen molar-refractivity contribution >= 4 is 17.5 Å². The van der Waals surface area contributed by atoms with Gasteiger partial charge in [-0.1, -0.05) is 17.7 Å². The van der Waals surface area contributed by atoms with Crippen LogP contribution < -0.4 is 14.8 Å². The summed E-state index contributed by atoms with van der Waals surface area (Å²) in [4.78, 5) is 12.5. The minimum Gasteiger partial charge on any atom is -0.493 e. The van der Waals surface area contributed by atoms with Gasteiger partial charge in [-0.05, 0) is 80.0 Å². The summed E-state index contributed by atoms with van der Waals surface area (Å²) in [6.45, 7) is 0.459. The van der Waals surface area contributed by atoms with E-state index in [-0.39, 0.29) is 29.4 Å². The van der Waals surface area contributed by atoms with Crippen LogP contribution in [0.5, 0.6) is 11.5 Å². The number of carbonyl (C=O) groups excluding carboxylic acids is 1. The van der Waals surface area contributed by atoms with E-state index < -0.39 is 17.7 Å². The fourth-order valence-electron chi connectivity index (χ4n) is 4.73. The second-order valence-corrected chi connectivity index (χ2v) is 9.22. The number of rotatable bonds is 6. The summed E-state index contributed by atoms with van der Waals surface area (Å²) in [5.74, 6) is 0.713. The third kappa shape index (κ3) is 5.57. The Bertz CT molecular complexity index is 1000. The fraction of sp³-hybridized carbons (Fsp3) is 0.480. The third-order valence-corrected chi connectivity index (χ3v) is 6.93. The summed E-state index contributed by atoms with van der Waals surface area (Å²) < 4.78 is 51.1. The molecule has 4 rings (SSSR count). The topological polar surface area (TPSA) is 47.6 Å². The van der Waals surface area contributed by atoms with Crippen LogP contribution >= 0.6 is 11.6 Å². The zero-order valence-electron chi connectivity index (χ0n) is 18.4. The van der Waals surface area contributed by atoms with Gasteiger partial charge in [-0.15, -0.1) is 0 Å². The summed E-state index contributed by atoms with van der Waals surface area (Å²) in [6, 6.07) is 9.03. The molecule has 33 heavy (non-hydrogen) atoms. The van der Waals surface area contributed by atoms with Crippen molar-refractivity contribution in [1.82, 2.24) is 5.32 Å². The van der Waals surface area contributed by atoms with Gasteiger partial charge in [-0.3, -0.25) is 4.79 Å². The molecule has 2 aromatic rings. The molecule has 0 aromatic heterocycles. The second kappa shape index (κ2) is 9.84. The molecule has 2 atom stereocenters. The minimum absolute atomic E-state index is 0.00843. The molecule has 1 heterocycles. The first-order chi connectivity index (χ1) is 15.7. The van der Waals surface area contributed by atoms with E-state index in [1.54, 1.807) is 7.11 Å². The lowest BCUT2D eigenvalue weighted by Gasteiger charge is -2.30. The average molecular weight is 482 g/mol. The predicted octanol–water partition coefficient (Wildman–Crippen LogP) is 6.15. The minimum atomic E-state index is -4.46. The van der Waals surface area contributed by atoms with Gasteiger partial charge in [0.15, 0.2) is 11.5 Å². The number of halogens is 4. The van der Waals surface area contributed by atoms with Gasteiger partial charge >= 0.3 is 6.18 Å². The molecule has 0 bridgehead atoms. The first kappa shape index (κ1) is 23.7. The molecule has 178 valence electrons. The van der Waals surface area contributed by atoms with Crippen LogP contribution in [0.15, 0.2) is 36.4 Å². The Kier molecular flexibility index (Phi) is 7.07. The zero-order chi connectivity index (χ0) is 23.6. The van der Waals surface area contributed by atoms with Gasteiger partial charge in [-0.2, -0.15) is 13.2 Å². The first-order valence-corrected chi connectivity index (χ1v) is 11.6. The van der Waals surface area contributed by atoms with Crippen LogP contribution in [0.2, 0.25) is 5.02 Å². The van der Waals surface area contributed by atoms with Gasteiger partial charge in [0.2, 0.25) is 5.91 Å². The Morgan fingerprint density at radius 3 is 2.55 bits per heavy atom. The molecule has 1 aliphatic carbocycles. The molecule has 1 saturated carbocycles. The molecule has 1 amide bonds. The number of amides is 1. The van der Waals surface area contributed by atoms with E-state index >= 15 is 0 Å². The van der Waals surface area contributed by atoms with Crippen molar-refractivity contribution in [3.05, 3.63) is 58.1 Å². The van der Waals surface area contributed by atoms with E-state index in [1.165, 1.54) is 6.07 Å². The Hall–Kier alpha value is -2.41. The van der Waals surface area contributed by atoms with Crippen molar-refractivity contribution in [2.24, 2.45) is 5.92 Å². The van der Waals surface area contributed by atoms with Crippen molar-refractivity contribution in [2.75, 3.05) is 13.7 Å². The SMILES string of the molecule is COc1ccc(C2CNC(=O)C(Cc3cc(C(F)(F)F)ccc3Cl)C2)cc1OC1CCCC1. The molecule has 2 aliphatic rings. The highest BCUT2D eigenvalue weighted by atomic mass is 35.5. The molecule has 2 fully saturated rings. The summed E-state index contributed by atoms with van der Waals surface area (Å²) in [5.41, 5.74) is 0.565. The smallest absolute Gasteiger partial charge is 0.416 e. The van der Waals surface area contributed by atoms with Crippen LogP contribution in [0.25, 0.3) is 0 Å². The van der Waals surface area contributed by atoms with E-state index in [9.17, 15) is 18.0 Å². The average Bonchev–Trinajstić information content (AvgIpc) is 3.29. The van der Waals surface area contributed by atoms with Crippen molar-refractivity contribution in [1.29, 1.82) is 0 Å². The summed E-state index contributed by atoms with van der Waals surface area (Å²) >= 11 is 6.17. The Labute approximate surface area is 196 Å². The lowest BCUT2D eigenvalue weighted by atomic mass is 9.82. The molecule has 4 nitrogen and oxygen atoms in total. The van der Waals surface area contributed by atoms with Crippen molar-refractivity contribution < 1.29 is 27.4 Å². The normalized spacial score (nSPS) is 21.7.